The van der Waals surface area contributed by atoms with E-state index in [4.69, 9.17) is 5.73 Å². The van der Waals surface area contributed by atoms with E-state index >= 15 is 0 Å². The lowest BCUT2D eigenvalue weighted by Gasteiger charge is -2.38. The molecule has 136 valence electrons. The molecular formula is C16H26ClN3O3S. The smallest absolute Gasteiger partial charge is 0.243 e. The number of hydrogen-bond donors (Lipinski definition) is 1. The normalized spacial score (nSPS) is 21.4. The van der Waals surface area contributed by atoms with Gasteiger partial charge in [-0.3, -0.25) is 4.79 Å². The third-order valence-corrected chi connectivity index (χ3v) is 6.20. The van der Waals surface area contributed by atoms with Crippen LogP contribution in [0.3, 0.4) is 0 Å². The first-order valence-electron chi connectivity index (χ1n) is 7.87. The van der Waals surface area contributed by atoms with Gasteiger partial charge in [0.15, 0.2) is 0 Å². The summed E-state index contributed by atoms with van der Waals surface area (Å²) in [6, 6.07) is 8.14. The van der Waals surface area contributed by atoms with Crippen LogP contribution >= 0.6 is 12.4 Å². The highest BCUT2D eigenvalue weighted by Crippen LogP contribution is 2.22. The van der Waals surface area contributed by atoms with E-state index in [1.165, 1.54) is 19.2 Å². The highest BCUT2D eigenvalue weighted by atomic mass is 35.5. The molecule has 8 heteroatoms. The fourth-order valence-corrected chi connectivity index (χ4v) is 4.08. The van der Waals surface area contributed by atoms with Crippen LogP contribution < -0.4 is 5.73 Å². The molecule has 0 bridgehead atoms. The highest BCUT2D eigenvalue weighted by Gasteiger charge is 2.31. The third kappa shape index (κ3) is 4.69. The van der Waals surface area contributed by atoms with E-state index in [1.807, 2.05) is 0 Å². The molecule has 1 aliphatic rings. The number of rotatable bonds is 5. The van der Waals surface area contributed by atoms with Crippen molar-refractivity contribution in [1.82, 2.24) is 9.21 Å². The molecule has 2 unspecified atom stereocenters. The molecule has 6 nitrogen and oxygen atoms in total. The average Bonchev–Trinajstić information content (AvgIpc) is 2.55. The molecule has 1 aliphatic heterocycles. The molecule has 2 N–H and O–H groups in total. The van der Waals surface area contributed by atoms with Gasteiger partial charge in [-0.2, -0.15) is 4.31 Å². The molecule has 1 saturated heterocycles. The van der Waals surface area contributed by atoms with Gasteiger partial charge in [-0.1, -0.05) is 25.1 Å². The van der Waals surface area contributed by atoms with Crippen molar-refractivity contribution in [3.8, 4) is 0 Å². The third-order valence-electron chi connectivity index (χ3n) is 4.38. The van der Waals surface area contributed by atoms with E-state index in [1.54, 1.807) is 23.1 Å². The fraction of sp³-hybridized carbons (Fsp3) is 0.562. The molecule has 1 amide bonds. The quantitative estimate of drug-likeness (QED) is 0.841. The van der Waals surface area contributed by atoms with Crippen molar-refractivity contribution in [3.63, 3.8) is 0 Å². The molecule has 0 radical (unpaired) electrons. The van der Waals surface area contributed by atoms with Crippen LogP contribution in [0.1, 0.15) is 19.8 Å². The highest BCUT2D eigenvalue weighted by molar-refractivity contribution is 7.89. The van der Waals surface area contributed by atoms with Gasteiger partial charge in [0.05, 0.1) is 11.4 Å². The van der Waals surface area contributed by atoms with Crippen LogP contribution in [0.4, 0.5) is 0 Å². The maximum absolute atomic E-state index is 12.5. The van der Waals surface area contributed by atoms with Gasteiger partial charge >= 0.3 is 0 Å². The van der Waals surface area contributed by atoms with Crippen molar-refractivity contribution in [2.75, 3.05) is 26.7 Å². The Bertz CT molecular complexity index is 639. The Morgan fingerprint density at radius 1 is 1.33 bits per heavy atom. The molecule has 0 spiro atoms. The second kappa shape index (κ2) is 8.80. The molecule has 1 fully saturated rings. The van der Waals surface area contributed by atoms with E-state index in [0.29, 0.717) is 19.0 Å². The number of benzene rings is 1. The molecule has 2 atom stereocenters. The second-order valence-electron chi connectivity index (χ2n) is 6.18. The predicted molar refractivity (Wildman–Crippen MR) is 96.5 cm³/mol. The number of amides is 1. The van der Waals surface area contributed by atoms with Crippen molar-refractivity contribution in [3.05, 3.63) is 30.3 Å². The molecule has 0 aliphatic carbocycles. The Morgan fingerprint density at radius 2 is 1.96 bits per heavy atom. The van der Waals surface area contributed by atoms with Crippen molar-refractivity contribution < 1.29 is 13.2 Å². The monoisotopic (exact) mass is 375 g/mol. The number of carbonyl (C=O) groups is 1. The van der Waals surface area contributed by atoms with E-state index in [2.05, 4.69) is 6.92 Å². The summed E-state index contributed by atoms with van der Waals surface area (Å²) in [5.41, 5.74) is 5.78. The molecule has 24 heavy (non-hydrogen) atoms. The minimum Gasteiger partial charge on any atom is -0.337 e. The van der Waals surface area contributed by atoms with Crippen LogP contribution in [0.15, 0.2) is 35.2 Å². The molecule has 0 saturated carbocycles. The van der Waals surface area contributed by atoms with Gasteiger partial charge in [0.1, 0.15) is 0 Å². The van der Waals surface area contributed by atoms with E-state index in [9.17, 15) is 13.2 Å². The van der Waals surface area contributed by atoms with Gasteiger partial charge in [0.2, 0.25) is 15.9 Å². The van der Waals surface area contributed by atoms with Crippen molar-refractivity contribution in [1.29, 1.82) is 0 Å². The zero-order valence-corrected chi connectivity index (χ0v) is 15.7. The fourth-order valence-electron chi connectivity index (χ4n) is 2.94. The minimum atomic E-state index is -3.65. The van der Waals surface area contributed by atoms with Crippen LogP contribution in [0, 0.1) is 5.92 Å². The second-order valence-corrected chi connectivity index (χ2v) is 8.23. The van der Waals surface area contributed by atoms with Gasteiger partial charge in [0, 0.05) is 26.2 Å². The van der Waals surface area contributed by atoms with Crippen molar-refractivity contribution in [2.24, 2.45) is 11.7 Å². The topological polar surface area (TPSA) is 83.7 Å². The largest absolute Gasteiger partial charge is 0.337 e. The van der Waals surface area contributed by atoms with E-state index in [0.717, 1.165) is 17.1 Å². The predicted octanol–water partition coefficient (Wildman–Crippen LogP) is 1.31. The van der Waals surface area contributed by atoms with Gasteiger partial charge in [-0.25, -0.2) is 8.42 Å². The Labute approximate surface area is 150 Å². The average molecular weight is 376 g/mol. The Morgan fingerprint density at radius 3 is 2.54 bits per heavy atom. The van der Waals surface area contributed by atoms with Gasteiger partial charge in [-0.05, 0) is 30.9 Å². The minimum absolute atomic E-state index is 0. The standard InChI is InChI=1S/C16H25N3O3S.ClH/c1-13-8-9-19(14(10-13)11-17)16(20)12-18(2)23(21,22)15-6-4-3-5-7-15;/h3-7,13-14H,8-12,17H2,1-2H3;1H. The number of halogens is 1. The van der Waals surface area contributed by atoms with Crippen LogP contribution in [-0.2, 0) is 14.8 Å². The van der Waals surface area contributed by atoms with E-state index < -0.39 is 10.0 Å². The summed E-state index contributed by atoms with van der Waals surface area (Å²) in [7, 11) is -2.22. The first-order valence-corrected chi connectivity index (χ1v) is 9.31. The van der Waals surface area contributed by atoms with Crippen molar-refractivity contribution in [2.45, 2.75) is 30.7 Å². The lowest BCUT2D eigenvalue weighted by Crippen LogP contribution is -2.52. The zero-order valence-electron chi connectivity index (χ0n) is 14.1. The summed E-state index contributed by atoms with van der Waals surface area (Å²) in [4.78, 5) is 14.5. The number of sulfonamides is 1. The summed E-state index contributed by atoms with van der Waals surface area (Å²) < 4.78 is 26.1. The number of carbonyl (C=O) groups excluding carboxylic acids is 1. The van der Waals surface area contributed by atoms with Gasteiger partial charge < -0.3 is 10.6 Å². The van der Waals surface area contributed by atoms with E-state index in [-0.39, 0.29) is 35.8 Å². The number of nitrogens with zero attached hydrogens (tertiary/aromatic N) is 2. The van der Waals surface area contributed by atoms with Crippen LogP contribution in [0.5, 0.6) is 0 Å². The molecule has 1 heterocycles. The van der Waals surface area contributed by atoms with Crippen LogP contribution in [0.25, 0.3) is 0 Å². The molecule has 1 aromatic rings. The first kappa shape index (κ1) is 20.9. The number of likely N-dealkylation sites (N-methyl/N-ethyl adjacent to an activating group) is 1. The molecular weight excluding hydrogens is 350 g/mol. The maximum atomic E-state index is 12.5. The lowest BCUT2D eigenvalue weighted by atomic mass is 9.92. The Balaban J connectivity index is 0.00000288. The summed E-state index contributed by atoms with van der Waals surface area (Å²) in [5.74, 6) is 0.354. The molecule has 2 rings (SSSR count). The Hall–Kier alpha value is -1.15. The molecule has 0 aromatic heterocycles. The van der Waals surface area contributed by atoms with Gasteiger partial charge in [-0.15, -0.1) is 12.4 Å². The first-order chi connectivity index (χ1) is 10.9. The number of nitrogens with two attached hydrogens (primary N) is 1. The summed E-state index contributed by atoms with van der Waals surface area (Å²) in [6.07, 6.45) is 1.80. The van der Waals surface area contributed by atoms with Crippen LogP contribution in [-0.4, -0.2) is 56.3 Å². The SMILES string of the molecule is CC1CCN(C(=O)CN(C)S(=O)(=O)c2ccccc2)C(CN)C1.Cl. The van der Waals surface area contributed by atoms with Crippen molar-refractivity contribution >= 4 is 28.3 Å². The lowest BCUT2D eigenvalue weighted by molar-refractivity contribution is -0.135. The summed E-state index contributed by atoms with van der Waals surface area (Å²) in [5, 5.41) is 0. The van der Waals surface area contributed by atoms with Crippen LogP contribution in [0.2, 0.25) is 0 Å². The number of hydrogen-bond acceptors (Lipinski definition) is 4. The number of piperidine rings is 1. The van der Waals surface area contributed by atoms with Gasteiger partial charge in [0.25, 0.3) is 0 Å². The summed E-state index contributed by atoms with van der Waals surface area (Å²) >= 11 is 0. The number of likely N-dealkylation sites (tertiary alicyclic amines) is 1. The Kier molecular flexibility index (Phi) is 7.66. The zero-order chi connectivity index (χ0) is 17.0. The summed E-state index contributed by atoms with van der Waals surface area (Å²) in [6.45, 7) is 3.03. The maximum Gasteiger partial charge on any atom is 0.243 e. The molecule has 1 aromatic carbocycles.